The Morgan fingerprint density at radius 1 is 1.52 bits per heavy atom. The van der Waals surface area contributed by atoms with E-state index in [-0.39, 0.29) is 11.3 Å². The molecule has 1 amide bonds. The molecule has 0 unspecified atom stereocenters. The van der Waals surface area contributed by atoms with Crippen molar-refractivity contribution in [3.05, 3.63) is 34.6 Å². The summed E-state index contributed by atoms with van der Waals surface area (Å²) in [5.74, 6) is -0.00954. The lowest BCUT2D eigenvalue weighted by Gasteiger charge is -2.09. The average molecular weight is 399 g/mol. The number of carbonyl (C=O) groups excluding carboxylic acids is 1. The first-order chi connectivity index (χ1) is 12.1. The van der Waals surface area contributed by atoms with Crippen molar-refractivity contribution < 1.29 is 13.9 Å². The molecule has 3 N–H and O–H groups in total. The Kier molecular flexibility index (Phi) is 5.94. The average Bonchev–Trinajstić information content (AvgIpc) is 3.22. The van der Waals surface area contributed by atoms with E-state index in [0.29, 0.717) is 16.6 Å². The van der Waals surface area contributed by atoms with Crippen LogP contribution in [0.4, 0.5) is 15.2 Å². The summed E-state index contributed by atoms with van der Waals surface area (Å²) >= 11 is 4.06. The zero-order valence-corrected chi connectivity index (χ0v) is 15.7. The number of aliphatic imine (C=N–C) groups is 1. The van der Waals surface area contributed by atoms with Gasteiger partial charge in [0.1, 0.15) is 10.2 Å². The zero-order chi connectivity index (χ0) is 17.8. The molecule has 0 aliphatic carbocycles. The lowest BCUT2D eigenvalue weighted by atomic mass is 10.1. The molecule has 0 saturated carbocycles. The number of ether oxygens (including phenoxy) is 1. The maximum Gasteiger partial charge on any atom is 0.259 e. The number of nitrogen functional groups attached to an aromatic ring is 1. The van der Waals surface area contributed by atoms with Gasteiger partial charge in [0.2, 0.25) is 0 Å². The molecular weight excluding hydrogens is 383 g/mol. The highest BCUT2D eigenvalue weighted by atomic mass is 32.2. The van der Waals surface area contributed by atoms with Gasteiger partial charge in [0, 0.05) is 23.9 Å². The third-order valence-electron chi connectivity index (χ3n) is 3.17. The van der Waals surface area contributed by atoms with Gasteiger partial charge in [-0.15, -0.1) is 11.3 Å². The summed E-state index contributed by atoms with van der Waals surface area (Å²) in [6, 6.07) is 2.62. The number of anilines is 2. The number of benzene rings is 1. The molecule has 0 fully saturated rings. The topological polar surface area (TPSA) is 89.6 Å². The number of halogens is 1. The number of thioether (sulfide) groups is 2. The van der Waals surface area contributed by atoms with Crippen molar-refractivity contribution in [2.75, 3.05) is 30.5 Å². The molecule has 0 radical (unpaired) electrons. The minimum absolute atomic E-state index is 0.0778. The summed E-state index contributed by atoms with van der Waals surface area (Å²) in [4.78, 5) is 21.3. The Hall–Kier alpha value is -1.62. The van der Waals surface area contributed by atoms with Gasteiger partial charge in [0.05, 0.1) is 29.3 Å². The van der Waals surface area contributed by atoms with Crippen LogP contribution in [0.15, 0.2) is 27.4 Å². The Bertz CT molecular complexity index is 825. The molecule has 2 aromatic rings. The maximum atomic E-state index is 14.1. The standard InChI is InChI=1S/C15H15FN4O2S3/c1-22-6-8-7-24-14(19-8)20-13(21)9-4-12(10(16)5-11(9)17)25-15-18-2-3-23-15/h4-5,7H,2-3,6,17H2,1H3,(H,19,20,21). The normalized spacial score (nSPS) is 13.8. The third kappa shape index (κ3) is 4.51. The number of rotatable bonds is 5. The Morgan fingerprint density at radius 2 is 2.36 bits per heavy atom. The fourth-order valence-electron chi connectivity index (χ4n) is 2.06. The van der Waals surface area contributed by atoms with Crippen molar-refractivity contribution in [2.24, 2.45) is 4.99 Å². The van der Waals surface area contributed by atoms with E-state index >= 15 is 0 Å². The van der Waals surface area contributed by atoms with Gasteiger partial charge in [-0.1, -0.05) is 23.5 Å². The highest BCUT2D eigenvalue weighted by Gasteiger charge is 2.18. The summed E-state index contributed by atoms with van der Waals surface area (Å²) in [6.45, 7) is 1.09. The van der Waals surface area contributed by atoms with Crippen LogP contribution in [0, 0.1) is 5.82 Å². The van der Waals surface area contributed by atoms with E-state index in [0.717, 1.165) is 28.4 Å². The van der Waals surface area contributed by atoms with Crippen molar-refractivity contribution >= 4 is 56.0 Å². The number of nitrogens with one attached hydrogen (secondary N) is 1. The van der Waals surface area contributed by atoms with E-state index in [4.69, 9.17) is 10.5 Å². The van der Waals surface area contributed by atoms with Gasteiger partial charge in [0.25, 0.3) is 5.91 Å². The van der Waals surface area contributed by atoms with Crippen LogP contribution < -0.4 is 11.1 Å². The molecule has 10 heteroatoms. The fraction of sp³-hybridized carbons (Fsp3) is 0.267. The number of hydrogen-bond acceptors (Lipinski definition) is 8. The second kappa shape index (κ2) is 8.17. The molecule has 3 rings (SSSR count). The molecular formula is C15H15FN4O2S3. The first kappa shape index (κ1) is 18.2. The van der Waals surface area contributed by atoms with Crippen LogP contribution in [0.3, 0.4) is 0 Å². The van der Waals surface area contributed by atoms with Crippen LogP contribution in [0.25, 0.3) is 0 Å². The molecule has 1 aromatic heterocycles. The molecule has 0 atom stereocenters. The van der Waals surface area contributed by atoms with Crippen LogP contribution in [-0.4, -0.2) is 34.7 Å². The number of hydrogen-bond donors (Lipinski definition) is 2. The minimum atomic E-state index is -0.467. The second-order valence-electron chi connectivity index (χ2n) is 5.00. The number of nitrogens with zero attached hydrogens (tertiary/aromatic N) is 2. The molecule has 6 nitrogen and oxygen atoms in total. The number of nitrogens with two attached hydrogens (primary N) is 1. The molecule has 0 saturated heterocycles. The first-order valence-corrected chi connectivity index (χ1v) is 9.94. The molecule has 2 heterocycles. The molecule has 25 heavy (non-hydrogen) atoms. The monoisotopic (exact) mass is 398 g/mol. The lowest BCUT2D eigenvalue weighted by Crippen LogP contribution is -2.14. The van der Waals surface area contributed by atoms with Gasteiger partial charge < -0.3 is 10.5 Å². The van der Waals surface area contributed by atoms with Crippen LogP contribution >= 0.6 is 34.9 Å². The van der Waals surface area contributed by atoms with Crippen LogP contribution in [-0.2, 0) is 11.3 Å². The van der Waals surface area contributed by atoms with Crippen LogP contribution in [0.1, 0.15) is 16.1 Å². The number of amides is 1. The number of methoxy groups -OCH3 is 1. The number of carbonyl (C=O) groups is 1. The number of aromatic nitrogens is 1. The predicted octanol–water partition coefficient (Wildman–Crippen LogP) is 3.46. The van der Waals surface area contributed by atoms with E-state index in [1.807, 2.05) is 0 Å². The molecule has 1 aliphatic rings. The van der Waals surface area contributed by atoms with E-state index in [1.165, 1.54) is 29.2 Å². The zero-order valence-electron chi connectivity index (χ0n) is 13.2. The Labute approximate surface area is 156 Å². The number of thiazole rings is 1. The second-order valence-corrected chi connectivity index (χ2v) is 8.23. The minimum Gasteiger partial charge on any atom is -0.398 e. The summed E-state index contributed by atoms with van der Waals surface area (Å²) in [6.07, 6.45) is 0. The van der Waals surface area contributed by atoms with Crippen LogP contribution in [0.2, 0.25) is 0 Å². The van der Waals surface area contributed by atoms with E-state index in [1.54, 1.807) is 24.3 Å². The van der Waals surface area contributed by atoms with Gasteiger partial charge in [-0.3, -0.25) is 15.1 Å². The van der Waals surface area contributed by atoms with Gasteiger partial charge in [-0.25, -0.2) is 9.37 Å². The molecule has 132 valence electrons. The first-order valence-electron chi connectivity index (χ1n) is 7.25. The molecule has 1 aromatic carbocycles. The molecule has 1 aliphatic heterocycles. The highest BCUT2D eigenvalue weighted by molar-refractivity contribution is 8.39. The quantitative estimate of drug-likeness (QED) is 0.750. The van der Waals surface area contributed by atoms with Gasteiger partial charge in [0.15, 0.2) is 5.13 Å². The van der Waals surface area contributed by atoms with Gasteiger partial charge in [-0.2, -0.15) is 0 Å². The van der Waals surface area contributed by atoms with Crippen molar-refractivity contribution in [2.45, 2.75) is 11.5 Å². The summed E-state index contributed by atoms with van der Waals surface area (Å²) < 4.78 is 19.9. The lowest BCUT2D eigenvalue weighted by molar-refractivity contribution is 0.102. The predicted molar refractivity (Wildman–Crippen MR) is 102 cm³/mol. The van der Waals surface area contributed by atoms with E-state index in [9.17, 15) is 9.18 Å². The van der Waals surface area contributed by atoms with Crippen molar-refractivity contribution in [1.29, 1.82) is 0 Å². The molecule has 0 bridgehead atoms. The fourth-order valence-corrected chi connectivity index (χ4v) is 4.72. The van der Waals surface area contributed by atoms with E-state index in [2.05, 4.69) is 15.3 Å². The molecule has 0 spiro atoms. The Morgan fingerprint density at radius 3 is 3.08 bits per heavy atom. The maximum absolute atomic E-state index is 14.1. The van der Waals surface area contributed by atoms with Crippen molar-refractivity contribution in [3.63, 3.8) is 0 Å². The van der Waals surface area contributed by atoms with Crippen LogP contribution in [0.5, 0.6) is 0 Å². The highest BCUT2D eigenvalue weighted by Crippen LogP contribution is 2.33. The van der Waals surface area contributed by atoms with Crippen molar-refractivity contribution in [1.82, 2.24) is 4.98 Å². The largest absolute Gasteiger partial charge is 0.398 e. The SMILES string of the molecule is COCc1csc(NC(=O)c2cc(SC3=NCCS3)c(F)cc2N)n1. The van der Waals surface area contributed by atoms with Gasteiger partial charge >= 0.3 is 0 Å². The summed E-state index contributed by atoms with van der Waals surface area (Å²) in [7, 11) is 1.57. The van der Waals surface area contributed by atoms with E-state index < -0.39 is 11.7 Å². The smallest absolute Gasteiger partial charge is 0.259 e. The summed E-state index contributed by atoms with van der Waals surface area (Å²) in [5.41, 5.74) is 6.83. The third-order valence-corrected chi connectivity index (χ3v) is 6.18. The summed E-state index contributed by atoms with van der Waals surface area (Å²) in [5, 5.41) is 4.92. The van der Waals surface area contributed by atoms with Crippen molar-refractivity contribution in [3.8, 4) is 0 Å². The van der Waals surface area contributed by atoms with Gasteiger partial charge in [-0.05, 0) is 12.1 Å². The Balaban J connectivity index is 1.78.